The predicted molar refractivity (Wildman–Crippen MR) is 76.1 cm³/mol. The Kier molecular flexibility index (Phi) is 4.73. The van der Waals surface area contributed by atoms with E-state index in [-0.39, 0.29) is 15.9 Å². The number of nitrogens with two attached hydrogens (primary N) is 1. The SMILES string of the molecule is NC(Cc1ccc(F)cc1Cl)c1ccc(F)c(F)c1Br. The van der Waals surface area contributed by atoms with Gasteiger partial charge in [-0.1, -0.05) is 23.7 Å². The van der Waals surface area contributed by atoms with E-state index in [0.717, 1.165) is 6.07 Å². The molecule has 0 spiro atoms. The molecule has 2 aromatic carbocycles. The first-order valence-electron chi connectivity index (χ1n) is 5.73. The lowest BCUT2D eigenvalue weighted by atomic mass is 9.99. The van der Waals surface area contributed by atoms with E-state index in [9.17, 15) is 13.2 Å². The summed E-state index contributed by atoms with van der Waals surface area (Å²) in [7, 11) is 0. The maximum atomic E-state index is 13.5. The second-order valence-corrected chi connectivity index (χ2v) is 5.51. The van der Waals surface area contributed by atoms with Crippen molar-refractivity contribution in [2.24, 2.45) is 5.73 Å². The topological polar surface area (TPSA) is 26.0 Å². The molecule has 0 amide bonds. The second-order valence-electron chi connectivity index (χ2n) is 4.31. The lowest BCUT2D eigenvalue weighted by Crippen LogP contribution is -2.15. The summed E-state index contributed by atoms with van der Waals surface area (Å²) >= 11 is 8.90. The van der Waals surface area contributed by atoms with Crippen molar-refractivity contribution in [3.8, 4) is 0 Å². The van der Waals surface area contributed by atoms with Crippen molar-refractivity contribution in [1.82, 2.24) is 0 Å². The molecule has 2 N–H and O–H groups in total. The fourth-order valence-corrected chi connectivity index (χ4v) is 2.72. The quantitative estimate of drug-likeness (QED) is 0.781. The number of benzene rings is 2. The fraction of sp³-hybridized carbons (Fsp3) is 0.143. The lowest BCUT2D eigenvalue weighted by Gasteiger charge is -2.15. The maximum absolute atomic E-state index is 13.5. The van der Waals surface area contributed by atoms with Gasteiger partial charge < -0.3 is 5.73 Å². The van der Waals surface area contributed by atoms with E-state index in [4.69, 9.17) is 17.3 Å². The van der Waals surface area contributed by atoms with Crippen molar-refractivity contribution in [3.63, 3.8) is 0 Å². The van der Waals surface area contributed by atoms with Gasteiger partial charge in [0.1, 0.15) is 5.82 Å². The Bertz CT molecular complexity index is 649. The molecule has 0 radical (unpaired) electrons. The summed E-state index contributed by atoms with van der Waals surface area (Å²) in [5.74, 6) is -2.38. The van der Waals surface area contributed by atoms with Crippen molar-refractivity contribution in [3.05, 3.63) is 68.4 Å². The van der Waals surface area contributed by atoms with Gasteiger partial charge in [0.05, 0.1) is 4.47 Å². The van der Waals surface area contributed by atoms with E-state index in [0.29, 0.717) is 11.1 Å². The average molecular weight is 365 g/mol. The molecule has 106 valence electrons. The molecule has 0 heterocycles. The molecule has 0 bridgehead atoms. The van der Waals surface area contributed by atoms with Crippen LogP contribution in [0.2, 0.25) is 5.02 Å². The predicted octanol–water partition coefficient (Wildman–Crippen LogP) is 4.76. The van der Waals surface area contributed by atoms with E-state index < -0.39 is 23.5 Å². The van der Waals surface area contributed by atoms with Crippen molar-refractivity contribution in [1.29, 1.82) is 0 Å². The molecule has 0 saturated carbocycles. The fourth-order valence-electron chi connectivity index (χ4n) is 1.86. The van der Waals surface area contributed by atoms with E-state index in [1.165, 1.54) is 24.3 Å². The molecular formula is C14H10BrClF3N. The molecule has 0 saturated heterocycles. The highest BCUT2D eigenvalue weighted by molar-refractivity contribution is 9.10. The van der Waals surface area contributed by atoms with Crippen LogP contribution < -0.4 is 5.73 Å². The van der Waals surface area contributed by atoms with Crippen LogP contribution in [0.15, 0.2) is 34.8 Å². The van der Waals surface area contributed by atoms with Gasteiger partial charge >= 0.3 is 0 Å². The zero-order valence-corrected chi connectivity index (χ0v) is 12.5. The van der Waals surface area contributed by atoms with Crippen LogP contribution in [0.25, 0.3) is 0 Å². The van der Waals surface area contributed by atoms with Gasteiger partial charge in [-0.25, -0.2) is 13.2 Å². The molecule has 2 rings (SSSR count). The third-order valence-corrected chi connectivity index (χ3v) is 4.08. The van der Waals surface area contributed by atoms with E-state index >= 15 is 0 Å². The molecule has 0 aromatic heterocycles. The first-order valence-corrected chi connectivity index (χ1v) is 6.90. The Balaban J connectivity index is 2.28. The van der Waals surface area contributed by atoms with Gasteiger partial charge in [0.2, 0.25) is 0 Å². The molecule has 2 aromatic rings. The van der Waals surface area contributed by atoms with Crippen LogP contribution >= 0.6 is 27.5 Å². The minimum absolute atomic E-state index is 0.0109. The van der Waals surface area contributed by atoms with Crippen molar-refractivity contribution in [2.75, 3.05) is 0 Å². The largest absolute Gasteiger partial charge is 0.324 e. The first-order chi connectivity index (χ1) is 9.40. The molecular weight excluding hydrogens is 355 g/mol. The van der Waals surface area contributed by atoms with Gasteiger partial charge in [-0.2, -0.15) is 0 Å². The molecule has 0 aliphatic carbocycles. The molecule has 1 atom stereocenters. The average Bonchev–Trinajstić information content (AvgIpc) is 2.39. The first kappa shape index (κ1) is 15.4. The Morgan fingerprint density at radius 3 is 2.50 bits per heavy atom. The van der Waals surface area contributed by atoms with Gasteiger partial charge in [0, 0.05) is 11.1 Å². The van der Waals surface area contributed by atoms with Gasteiger partial charge in [-0.3, -0.25) is 0 Å². The van der Waals surface area contributed by atoms with Gasteiger partial charge in [0.15, 0.2) is 11.6 Å². The van der Waals surface area contributed by atoms with E-state index in [1.54, 1.807) is 0 Å². The highest BCUT2D eigenvalue weighted by Gasteiger charge is 2.17. The molecule has 1 nitrogen and oxygen atoms in total. The summed E-state index contributed by atoms with van der Waals surface area (Å²) in [6.45, 7) is 0. The summed E-state index contributed by atoms with van der Waals surface area (Å²) in [6.07, 6.45) is 0.281. The third kappa shape index (κ3) is 3.16. The third-order valence-electron chi connectivity index (χ3n) is 2.92. The Morgan fingerprint density at radius 1 is 1.15 bits per heavy atom. The second kappa shape index (κ2) is 6.16. The Labute approximate surface area is 127 Å². The van der Waals surface area contributed by atoms with Crippen LogP contribution in [0.1, 0.15) is 17.2 Å². The molecule has 0 aliphatic heterocycles. The summed E-state index contributed by atoms with van der Waals surface area (Å²) in [4.78, 5) is 0. The van der Waals surface area contributed by atoms with Gasteiger partial charge in [-0.05, 0) is 51.7 Å². The number of rotatable bonds is 3. The zero-order valence-electron chi connectivity index (χ0n) is 10.1. The van der Waals surface area contributed by atoms with Crippen molar-refractivity contribution >= 4 is 27.5 Å². The number of hydrogen-bond donors (Lipinski definition) is 1. The van der Waals surface area contributed by atoms with Crippen LogP contribution in [-0.4, -0.2) is 0 Å². The summed E-state index contributed by atoms with van der Waals surface area (Å²) in [5, 5.41) is 0.249. The molecule has 6 heteroatoms. The lowest BCUT2D eigenvalue weighted by molar-refractivity contribution is 0.500. The van der Waals surface area contributed by atoms with Crippen LogP contribution in [0.4, 0.5) is 13.2 Å². The van der Waals surface area contributed by atoms with Crippen molar-refractivity contribution < 1.29 is 13.2 Å². The van der Waals surface area contributed by atoms with Gasteiger partial charge in [0.25, 0.3) is 0 Å². The number of halogens is 5. The van der Waals surface area contributed by atoms with Crippen LogP contribution in [0.5, 0.6) is 0 Å². The Morgan fingerprint density at radius 2 is 1.85 bits per heavy atom. The van der Waals surface area contributed by atoms with Crippen LogP contribution in [0.3, 0.4) is 0 Å². The Hall–Kier alpha value is -1.04. The standard InChI is InChI=1S/C14H10BrClF3N/c15-13-9(3-4-11(18)14(13)19)12(20)5-7-1-2-8(17)6-10(7)16/h1-4,6,12H,5,20H2. The molecule has 1 unspecified atom stereocenters. The molecule has 20 heavy (non-hydrogen) atoms. The smallest absolute Gasteiger partial charge is 0.173 e. The monoisotopic (exact) mass is 363 g/mol. The normalized spacial score (nSPS) is 12.5. The zero-order chi connectivity index (χ0) is 14.9. The summed E-state index contributed by atoms with van der Waals surface area (Å²) in [5.41, 5.74) is 7.04. The van der Waals surface area contributed by atoms with Crippen molar-refractivity contribution in [2.45, 2.75) is 12.5 Å². The highest BCUT2D eigenvalue weighted by atomic mass is 79.9. The van der Waals surface area contributed by atoms with E-state index in [1.807, 2.05) is 0 Å². The number of hydrogen-bond acceptors (Lipinski definition) is 1. The molecule has 0 fully saturated rings. The molecule has 0 aliphatic rings. The van der Waals surface area contributed by atoms with Crippen LogP contribution in [-0.2, 0) is 6.42 Å². The van der Waals surface area contributed by atoms with Crippen LogP contribution in [0, 0.1) is 17.5 Å². The summed E-state index contributed by atoms with van der Waals surface area (Å²) < 4.78 is 39.5. The van der Waals surface area contributed by atoms with E-state index in [2.05, 4.69) is 15.9 Å². The minimum atomic E-state index is -0.983. The maximum Gasteiger partial charge on any atom is 0.173 e. The van der Waals surface area contributed by atoms with Gasteiger partial charge in [-0.15, -0.1) is 0 Å². The highest BCUT2D eigenvalue weighted by Crippen LogP contribution is 2.30. The summed E-state index contributed by atoms with van der Waals surface area (Å²) in [6, 6.07) is 5.80. The minimum Gasteiger partial charge on any atom is -0.324 e.